The third-order valence-corrected chi connectivity index (χ3v) is 5.27. The van der Waals surface area contributed by atoms with Crippen LogP contribution in [0.15, 0.2) is 29.3 Å². The molecule has 3 rings (SSSR count). The molecule has 7 nitrogen and oxygen atoms in total. The molecule has 142 valence electrons. The average Bonchev–Trinajstić information content (AvgIpc) is 3.21. The van der Waals surface area contributed by atoms with Crippen molar-refractivity contribution in [1.82, 2.24) is 19.6 Å². The van der Waals surface area contributed by atoms with E-state index < -0.39 is 0 Å². The second-order valence-corrected chi connectivity index (χ2v) is 7.03. The third-order valence-electron chi connectivity index (χ3n) is 4.45. The smallest absolute Gasteiger partial charge is 0.205 e. The maximum absolute atomic E-state index is 8.90. The van der Waals surface area contributed by atoms with Gasteiger partial charge in [0.15, 0.2) is 5.96 Å². The molecule has 27 heavy (non-hydrogen) atoms. The monoisotopic (exact) mass is 383 g/mol. The first-order valence-corrected chi connectivity index (χ1v) is 10.1. The van der Waals surface area contributed by atoms with Crippen molar-refractivity contribution in [3.05, 3.63) is 41.2 Å². The number of aliphatic imine (C=N–C) groups is 1. The summed E-state index contributed by atoms with van der Waals surface area (Å²) in [6, 6.07) is 9.74. The van der Waals surface area contributed by atoms with Gasteiger partial charge in [-0.05, 0) is 24.6 Å². The van der Waals surface area contributed by atoms with E-state index in [1.807, 2.05) is 24.3 Å². The molecule has 2 heterocycles. The number of hydrogen-bond donors (Lipinski definition) is 1. The molecule has 0 radical (unpaired) electrons. The first-order valence-electron chi connectivity index (χ1n) is 9.33. The van der Waals surface area contributed by atoms with Gasteiger partial charge in [-0.3, -0.25) is 0 Å². The Labute approximate surface area is 164 Å². The van der Waals surface area contributed by atoms with Crippen LogP contribution in [0.25, 0.3) is 0 Å². The third kappa shape index (κ3) is 4.95. The van der Waals surface area contributed by atoms with Crippen molar-refractivity contribution < 1.29 is 0 Å². The maximum atomic E-state index is 8.90. The van der Waals surface area contributed by atoms with Crippen LogP contribution >= 0.6 is 11.5 Å². The van der Waals surface area contributed by atoms with Crippen LogP contribution in [0.4, 0.5) is 5.13 Å². The van der Waals surface area contributed by atoms with Crippen LogP contribution in [-0.2, 0) is 13.0 Å². The van der Waals surface area contributed by atoms with E-state index >= 15 is 0 Å². The lowest BCUT2D eigenvalue weighted by Gasteiger charge is -2.36. The molecule has 1 aromatic carbocycles. The van der Waals surface area contributed by atoms with Gasteiger partial charge in [0.25, 0.3) is 0 Å². The molecule has 1 saturated heterocycles. The van der Waals surface area contributed by atoms with E-state index in [4.69, 9.17) is 10.3 Å². The van der Waals surface area contributed by atoms with E-state index in [0.29, 0.717) is 12.1 Å². The number of anilines is 1. The SMILES string of the molecule is CCNC(=NCc1ccc(C#N)cc1)N1CCN(c2nc(CC)ns2)CC1. The van der Waals surface area contributed by atoms with Gasteiger partial charge in [-0.15, -0.1) is 0 Å². The Morgan fingerprint density at radius 3 is 2.56 bits per heavy atom. The Morgan fingerprint density at radius 2 is 1.96 bits per heavy atom. The minimum Gasteiger partial charge on any atom is -0.357 e. The summed E-state index contributed by atoms with van der Waals surface area (Å²) in [6.45, 7) is 9.24. The summed E-state index contributed by atoms with van der Waals surface area (Å²) in [5.74, 6) is 1.86. The lowest BCUT2D eigenvalue weighted by Crippen LogP contribution is -2.52. The maximum Gasteiger partial charge on any atom is 0.205 e. The van der Waals surface area contributed by atoms with E-state index in [-0.39, 0.29) is 0 Å². The van der Waals surface area contributed by atoms with Gasteiger partial charge in [0.1, 0.15) is 5.82 Å². The molecule has 0 unspecified atom stereocenters. The summed E-state index contributed by atoms with van der Waals surface area (Å²) in [4.78, 5) is 14.0. The summed E-state index contributed by atoms with van der Waals surface area (Å²) < 4.78 is 4.39. The summed E-state index contributed by atoms with van der Waals surface area (Å²) in [6.07, 6.45) is 0.878. The van der Waals surface area contributed by atoms with Crippen LogP contribution in [0.2, 0.25) is 0 Å². The lowest BCUT2D eigenvalue weighted by molar-refractivity contribution is 0.372. The first kappa shape index (κ1) is 19.1. The van der Waals surface area contributed by atoms with Crippen LogP contribution in [0.1, 0.15) is 30.8 Å². The number of rotatable bonds is 5. The summed E-state index contributed by atoms with van der Waals surface area (Å²) in [7, 11) is 0. The average molecular weight is 384 g/mol. The highest BCUT2D eigenvalue weighted by Gasteiger charge is 2.22. The van der Waals surface area contributed by atoms with Gasteiger partial charge < -0.3 is 15.1 Å². The number of nitrogens with zero attached hydrogens (tertiary/aromatic N) is 6. The Bertz CT molecular complexity index is 798. The second kappa shape index (κ2) is 9.33. The minimum absolute atomic E-state index is 0.602. The van der Waals surface area contributed by atoms with Crippen molar-refractivity contribution in [2.75, 3.05) is 37.6 Å². The second-order valence-electron chi connectivity index (χ2n) is 6.30. The van der Waals surface area contributed by atoms with Crippen molar-refractivity contribution in [3.63, 3.8) is 0 Å². The molecule has 1 aliphatic rings. The van der Waals surface area contributed by atoms with Crippen LogP contribution < -0.4 is 10.2 Å². The normalized spacial score (nSPS) is 14.9. The predicted molar refractivity (Wildman–Crippen MR) is 109 cm³/mol. The van der Waals surface area contributed by atoms with E-state index in [1.54, 1.807) is 0 Å². The van der Waals surface area contributed by atoms with Crippen molar-refractivity contribution in [2.24, 2.45) is 4.99 Å². The standard InChI is InChI=1S/C19H25N7S/c1-3-17-23-19(27-24-17)26-11-9-25(10-12-26)18(21-4-2)22-14-16-7-5-15(13-20)6-8-16/h5-8H,3-4,9-12,14H2,1-2H3,(H,21,22). The lowest BCUT2D eigenvalue weighted by atomic mass is 10.1. The van der Waals surface area contributed by atoms with Crippen molar-refractivity contribution in [3.8, 4) is 6.07 Å². The number of nitrogens with one attached hydrogen (secondary N) is 1. The fourth-order valence-corrected chi connectivity index (χ4v) is 3.70. The van der Waals surface area contributed by atoms with Crippen LogP contribution in [0, 0.1) is 11.3 Å². The largest absolute Gasteiger partial charge is 0.357 e. The zero-order valence-electron chi connectivity index (χ0n) is 15.9. The molecule has 0 spiro atoms. The van der Waals surface area contributed by atoms with E-state index in [0.717, 1.165) is 61.6 Å². The molecule has 0 atom stereocenters. The van der Waals surface area contributed by atoms with Crippen molar-refractivity contribution in [2.45, 2.75) is 26.8 Å². The zero-order chi connectivity index (χ0) is 19.1. The van der Waals surface area contributed by atoms with Crippen molar-refractivity contribution >= 4 is 22.6 Å². The van der Waals surface area contributed by atoms with Crippen LogP contribution in [0.5, 0.6) is 0 Å². The fraction of sp³-hybridized carbons (Fsp3) is 0.474. The summed E-state index contributed by atoms with van der Waals surface area (Å²) in [5, 5.41) is 13.3. The number of benzene rings is 1. The molecule has 0 amide bonds. The Hall–Kier alpha value is -2.66. The number of guanidine groups is 1. The van der Waals surface area contributed by atoms with Gasteiger partial charge >= 0.3 is 0 Å². The highest BCUT2D eigenvalue weighted by molar-refractivity contribution is 7.09. The molecule has 0 aliphatic carbocycles. The summed E-state index contributed by atoms with van der Waals surface area (Å²) >= 11 is 1.49. The Morgan fingerprint density at radius 1 is 1.22 bits per heavy atom. The number of aryl methyl sites for hydroxylation is 1. The minimum atomic E-state index is 0.602. The zero-order valence-corrected chi connectivity index (χ0v) is 16.7. The first-order chi connectivity index (χ1) is 13.2. The number of piperazine rings is 1. The van der Waals surface area contributed by atoms with E-state index in [1.165, 1.54) is 11.5 Å². The number of hydrogen-bond acceptors (Lipinski definition) is 6. The van der Waals surface area contributed by atoms with Crippen LogP contribution in [0.3, 0.4) is 0 Å². The highest BCUT2D eigenvalue weighted by atomic mass is 32.1. The molecule has 1 N–H and O–H groups in total. The van der Waals surface area contributed by atoms with Crippen molar-refractivity contribution in [1.29, 1.82) is 5.26 Å². The molecule has 8 heteroatoms. The molecule has 1 aliphatic heterocycles. The number of nitriles is 1. The van der Waals surface area contributed by atoms with Gasteiger partial charge in [0.05, 0.1) is 18.2 Å². The highest BCUT2D eigenvalue weighted by Crippen LogP contribution is 2.19. The molecule has 0 saturated carbocycles. The van der Waals surface area contributed by atoms with Gasteiger partial charge in [0.2, 0.25) is 5.13 Å². The van der Waals surface area contributed by atoms with E-state index in [9.17, 15) is 0 Å². The van der Waals surface area contributed by atoms with E-state index in [2.05, 4.69) is 44.4 Å². The Balaban J connectivity index is 1.60. The molecule has 1 aromatic heterocycles. The molecule has 1 fully saturated rings. The van der Waals surface area contributed by atoms with Gasteiger partial charge in [-0.2, -0.15) is 9.64 Å². The van der Waals surface area contributed by atoms with Crippen LogP contribution in [-0.4, -0.2) is 52.9 Å². The molecular formula is C19H25N7S. The quantitative estimate of drug-likeness (QED) is 0.630. The molecular weight excluding hydrogens is 358 g/mol. The predicted octanol–water partition coefficient (Wildman–Crippen LogP) is 2.26. The number of aromatic nitrogens is 2. The van der Waals surface area contributed by atoms with Gasteiger partial charge in [-0.1, -0.05) is 19.1 Å². The summed E-state index contributed by atoms with van der Waals surface area (Å²) in [5.41, 5.74) is 1.78. The topological polar surface area (TPSA) is 80.4 Å². The fourth-order valence-electron chi connectivity index (χ4n) is 2.90. The Kier molecular flexibility index (Phi) is 6.60. The van der Waals surface area contributed by atoms with Gasteiger partial charge in [0, 0.05) is 50.7 Å². The molecule has 0 bridgehead atoms. The van der Waals surface area contributed by atoms with Gasteiger partial charge in [-0.25, -0.2) is 9.98 Å². The molecule has 2 aromatic rings.